The van der Waals surface area contributed by atoms with Gasteiger partial charge in [-0.1, -0.05) is 13.3 Å². The van der Waals surface area contributed by atoms with E-state index in [4.69, 9.17) is 5.11 Å². The Kier molecular flexibility index (Phi) is 3.87. The third-order valence-corrected chi connectivity index (χ3v) is 2.89. The molecule has 92 valence electrons. The van der Waals surface area contributed by atoms with Gasteiger partial charge in [-0.05, 0) is 12.3 Å². The van der Waals surface area contributed by atoms with Crippen molar-refractivity contribution >= 4 is 11.5 Å². The normalized spacial score (nSPS) is 12.8. The highest BCUT2D eigenvalue weighted by Crippen LogP contribution is 2.13. The van der Waals surface area contributed by atoms with Crippen LogP contribution in [0.4, 0.5) is 5.82 Å². The van der Waals surface area contributed by atoms with E-state index in [9.17, 15) is 0 Å². The van der Waals surface area contributed by atoms with Gasteiger partial charge in [-0.15, -0.1) is 10.2 Å². The van der Waals surface area contributed by atoms with Gasteiger partial charge in [0.2, 0.25) is 5.65 Å². The molecule has 6 nitrogen and oxygen atoms in total. The van der Waals surface area contributed by atoms with E-state index in [2.05, 4.69) is 27.4 Å². The second-order valence-corrected chi connectivity index (χ2v) is 4.01. The van der Waals surface area contributed by atoms with Crippen LogP contribution in [0.15, 0.2) is 18.7 Å². The van der Waals surface area contributed by atoms with E-state index in [-0.39, 0.29) is 6.61 Å². The molecule has 17 heavy (non-hydrogen) atoms. The van der Waals surface area contributed by atoms with E-state index in [0.717, 1.165) is 30.9 Å². The van der Waals surface area contributed by atoms with Crippen LogP contribution in [0.5, 0.6) is 0 Å². The maximum Gasteiger partial charge on any atom is 0.203 e. The summed E-state index contributed by atoms with van der Waals surface area (Å²) in [5.74, 6) is 1.19. The summed E-state index contributed by atoms with van der Waals surface area (Å²) < 4.78 is 1.82. The zero-order valence-corrected chi connectivity index (χ0v) is 9.87. The summed E-state index contributed by atoms with van der Waals surface area (Å²) in [5.41, 5.74) is 0.728. The van der Waals surface area contributed by atoms with Crippen LogP contribution >= 0.6 is 0 Å². The Morgan fingerprint density at radius 1 is 1.53 bits per heavy atom. The number of rotatable bonds is 6. The zero-order chi connectivity index (χ0) is 12.1. The smallest absolute Gasteiger partial charge is 0.203 e. The van der Waals surface area contributed by atoms with E-state index in [1.165, 1.54) is 0 Å². The number of aromatic nitrogens is 4. The zero-order valence-electron chi connectivity index (χ0n) is 9.87. The molecule has 0 saturated carbocycles. The first-order valence-electron chi connectivity index (χ1n) is 5.84. The molecule has 2 rings (SSSR count). The third kappa shape index (κ3) is 2.71. The topological polar surface area (TPSA) is 75.3 Å². The number of hydrogen-bond acceptors (Lipinski definition) is 5. The minimum Gasteiger partial charge on any atom is -0.396 e. The predicted molar refractivity (Wildman–Crippen MR) is 64.8 cm³/mol. The summed E-state index contributed by atoms with van der Waals surface area (Å²) in [6.45, 7) is 3.13. The van der Waals surface area contributed by atoms with Crippen LogP contribution in [0.2, 0.25) is 0 Å². The van der Waals surface area contributed by atoms with Crippen LogP contribution in [0.3, 0.4) is 0 Å². The van der Waals surface area contributed by atoms with Crippen molar-refractivity contribution < 1.29 is 5.11 Å². The van der Waals surface area contributed by atoms with Crippen molar-refractivity contribution in [1.82, 2.24) is 19.6 Å². The molecule has 0 saturated heterocycles. The van der Waals surface area contributed by atoms with Gasteiger partial charge in [0.1, 0.15) is 6.33 Å². The molecular formula is C11H17N5O. The van der Waals surface area contributed by atoms with Crippen molar-refractivity contribution in [2.24, 2.45) is 5.92 Å². The molecule has 1 unspecified atom stereocenters. The Labute approximate surface area is 99.7 Å². The molecule has 1 atom stereocenters. The first-order chi connectivity index (χ1) is 8.35. The first-order valence-corrected chi connectivity index (χ1v) is 5.84. The molecule has 0 bridgehead atoms. The lowest BCUT2D eigenvalue weighted by Gasteiger charge is -2.14. The Hall–Kier alpha value is -1.69. The maximum atomic E-state index is 8.93. The van der Waals surface area contributed by atoms with Crippen LogP contribution in [0, 0.1) is 5.92 Å². The highest BCUT2D eigenvalue weighted by atomic mass is 16.3. The fourth-order valence-corrected chi connectivity index (χ4v) is 1.76. The summed E-state index contributed by atoms with van der Waals surface area (Å²) in [7, 11) is 0. The van der Waals surface area contributed by atoms with Crippen LogP contribution in [0.25, 0.3) is 5.65 Å². The third-order valence-electron chi connectivity index (χ3n) is 2.89. The molecule has 2 N–H and O–H groups in total. The Balaban J connectivity index is 2.05. The SMILES string of the molecule is CCC(CCO)CNc1nccn2cnnc12. The summed E-state index contributed by atoms with van der Waals surface area (Å²) >= 11 is 0. The number of aliphatic hydroxyl groups is 1. The lowest BCUT2D eigenvalue weighted by Crippen LogP contribution is -2.16. The number of fused-ring (bicyclic) bond motifs is 1. The molecule has 0 spiro atoms. The van der Waals surface area contributed by atoms with Crippen molar-refractivity contribution in [3.05, 3.63) is 18.7 Å². The van der Waals surface area contributed by atoms with Crippen molar-refractivity contribution in [3.63, 3.8) is 0 Å². The molecule has 0 aliphatic carbocycles. The number of aliphatic hydroxyl groups excluding tert-OH is 1. The predicted octanol–water partition coefficient (Wildman–Crippen LogP) is 0.945. The Morgan fingerprint density at radius 2 is 2.41 bits per heavy atom. The molecule has 0 fully saturated rings. The van der Waals surface area contributed by atoms with E-state index in [0.29, 0.717) is 5.92 Å². The fraction of sp³-hybridized carbons (Fsp3) is 0.545. The highest BCUT2D eigenvalue weighted by Gasteiger charge is 2.08. The monoisotopic (exact) mass is 235 g/mol. The second-order valence-electron chi connectivity index (χ2n) is 4.01. The molecule has 0 amide bonds. The fourth-order valence-electron chi connectivity index (χ4n) is 1.76. The van der Waals surface area contributed by atoms with Crippen molar-refractivity contribution in [3.8, 4) is 0 Å². The van der Waals surface area contributed by atoms with Crippen molar-refractivity contribution in [2.45, 2.75) is 19.8 Å². The van der Waals surface area contributed by atoms with Gasteiger partial charge in [-0.3, -0.25) is 4.40 Å². The van der Waals surface area contributed by atoms with Gasteiger partial charge in [-0.25, -0.2) is 4.98 Å². The summed E-state index contributed by atoms with van der Waals surface area (Å²) in [5, 5.41) is 20.0. The standard InChI is InChI=1S/C11H17N5O/c1-2-9(3-6-17)7-13-10-11-15-14-8-16(11)5-4-12-10/h4-5,8-9,17H,2-3,6-7H2,1H3,(H,12,13). The van der Waals surface area contributed by atoms with Crippen LogP contribution in [-0.2, 0) is 0 Å². The minimum atomic E-state index is 0.225. The lowest BCUT2D eigenvalue weighted by molar-refractivity contribution is 0.258. The van der Waals surface area contributed by atoms with Gasteiger partial charge in [0.15, 0.2) is 5.82 Å². The van der Waals surface area contributed by atoms with Crippen LogP contribution in [-0.4, -0.2) is 37.8 Å². The molecule has 2 heterocycles. The lowest BCUT2D eigenvalue weighted by atomic mass is 10.0. The number of nitrogens with one attached hydrogen (secondary N) is 1. The Morgan fingerprint density at radius 3 is 3.18 bits per heavy atom. The van der Waals surface area contributed by atoms with E-state index >= 15 is 0 Å². The van der Waals surface area contributed by atoms with Crippen LogP contribution in [0.1, 0.15) is 19.8 Å². The van der Waals surface area contributed by atoms with Crippen LogP contribution < -0.4 is 5.32 Å². The summed E-state index contributed by atoms with van der Waals surface area (Å²) in [6.07, 6.45) is 7.01. The maximum absolute atomic E-state index is 8.93. The van der Waals surface area contributed by atoms with E-state index in [1.54, 1.807) is 12.5 Å². The van der Waals surface area contributed by atoms with Gasteiger partial charge in [0.05, 0.1) is 0 Å². The van der Waals surface area contributed by atoms with Crippen molar-refractivity contribution in [2.75, 3.05) is 18.5 Å². The van der Waals surface area contributed by atoms with Crippen molar-refractivity contribution in [1.29, 1.82) is 0 Å². The molecular weight excluding hydrogens is 218 g/mol. The molecule has 0 radical (unpaired) electrons. The second kappa shape index (κ2) is 5.58. The highest BCUT2D eigenvalue weighted by molar-refractivity contribution is 5.61. The molecule has 2 aromatic rings. The van der Waals surface area contributed by atoms with E-state index in [1.807, 2.05) is 10.6 Å². The summed E-state index contributed by atoms with van der Waals surface area (Å²) in [6, 6.07) is 0. The van der Waals surface area contributed by atoms with E-state index < -0.39 is 0 Å². The quantitative estimate of drug-likeness (QED) is 0.779. The minimum absolute atomic E-state index is 0.225. The molecule has 2 aromatic heterocycles. The number of hydrogen-bond donors (Lipinski definition) is 2. The van der Waals surface area contributed by atoms with Gasteiger partial charge in [0.25, 0.3) is 0 Å². The first kappa shape index (κ1) is 11.8. The molecule has 0 aromatic carbocycles. The van der Waals surface area contributed by atoms with Gasteiger partial charge in [-0.2, -0.15) is 0 Å². The molecule has 0 aliphatic heterocycles. The number of nitrogens with zero attached hydrogens (tertiary/aromatic N) is 4. The summed E-state index contributed by atoms with van der Waals surface area (Å²) in [4.78, 5) is 4.25. The average Bonchev–Trinajstić information content (AvgIpc) is 2.83. The Bertz CT molecular complexity index is 470. The molecule has 6 heteroatoms. The number of anilines is 1. The van der Waals surface area contributed by atoms with Gasteiger partial charge < -0.3 is 10.4 Å². The largest absolute Gasteiger partial charge is 0.396 e. The average molecular weight is 235 g/mol. The van der Waals surface area contributed by atoms with Gasteiger partial charge >= 0.3 is 0 Å². The molecule has 0 aliphatic rings. The van der Waals surface area contributed by atoms with Gasteiger partial charge in [0, 0.05) is 25.5 Å².